The summed E-state index contributed by atoms with van der Waals surface area (Å²) < 4.78 is 11.1. The standard InChI is InChI=1S/C19H18N2O4/c1-12-9-13-5-2-3-6-14(13)21(12)18(23)11-25-16-8-4-7-15-19(16)20-17(22)10-24-15/h2-8,12H,9-11H2,1H3,(H,20,22). The summed E-state index contributed by atoms with van der Waals surface area (Å²) in [7, 11) is 0. The number of carbonyl (C=O) groups is 2. The molecule has 0 radical (unpaired) electrons. The lowest BCUT2D eigenvalue weighted by Crippen LogP contribution is -2.39. The molecule has 2 aromatic carbocycles. The van der Waals surface area contributed by atoms with Crippen LogP contribution in [0.5, 0.6) is 11.5 Å². The molecule has 0 aromatic heterocycles. The maximum atomic E-state index is 12.7. The summed E-state index contributed by atoms with van der Waals surface area (Å²) in [6, 6.07) is 13.2. The maximum Gasteiger partial charge on any atom is 0.265 e. The minimum atomic E-state index is -0.239. The number of amides is 2. The van der Waals surface area contributed by atoms with Crippen LogP contribution in [-0.2, 0) is 16.0 Å². The van der Waals surface area contributed by atoms with Gasteiger partial charge in [0, 0.05) is 11.7 Å². The van der Waals surface area contributed by atoms with E-state index in [1.54, 1.807) is 23.1 Å². The van der Waals surface area contributed by atoms with Gasteiger partial charge in [0.05, 0.1) is 0 Å². The van der Waals surface area contributed by atoms with Crippen LogP contribution in [-0.4, -0.2) is 31.1 Å². The number of anilines is 2. The van der Waals surface area contributed by atoms with Gasteiger partial charge in [-0.05, 0) is 37.1 Å². The summed E-state index contributed by atoms with van der Waals surface area (Å²) in [6.45, 7) is 1.90. The minimum absolute atomic E-state index is 0.0164. The topological polar surface area (TPSA) is 67.9 Å². The largest absolute Gasteiger partial charge is 0.481 e. The van der Waals surface area contributed by atoms with Crippen molar-refractivity contribution in [1.29, 1.82) is 0 Å². The molecule has 4 rings (SSSR count). The number of hydrogen-bond donors (Lipinski definition) is 1. The van der Waals surface area contributed by atoms with Crippen LogP contribution in [0.1, 0.15) is 12.5 Å². The zero-order chi connectivity index (χ0) is 17.4. The Labute approximate surface area is 145 Å². The molecule has 0 aliphatic carbocycles. The normalized spacial score (nSPS) is 18.0. The molecule has 2 aromatic rings. The van der Waals surface area contributed by atoms with Gasteiger partial charge < -0.3 is 19.7 Å². The van der Waals surface area contributed by atoms with E-state index in [1.165, 1.54) is 5.56 Å². The van der Waals surface area contributed by atoms with Gasteiger partial charge in [-0.15, -0.1) is 0 Å². The van der Waals surface area contributed by atoms with Crippen molar-refractivity contribution in [2.45, 2.75) is 19.4 Å². The number of rotatable bonds is 3. The Bertz CT molecular complexity index is 849. The zero-order valence-electron chi connectivity index (χ0n) is 13.8. The lowest BCUT2D eigenvalue weighted by Gasteiger charge is -2.24. The SMILES string of the molecule is CC1Cc2ccccc2N1C(=O)COc1cccc2c1NC(=O)CO2. The average Bonchev–Trinajstić information content (AvgIpc) is 2.95. The molecule has 0 spiro atoms. The highest BCUT2D eigenvalue weighted by atomic mass is 16.5. The Balaban J connectivity index is 1.51. The molecule has 1 N–H and O–H groups in total. The fourth-order valence-electron chi connectivity index (χ4n) is 3.35. The third-order valence-electron chi connectivity index (χ3n) is 4.44. The van der Waals surface area contributed by atoms with Crippen LogP contribution in [0.2, 0.25) is 0 Å². The second-order valence-electron chi connectivity index (χ2n) is 6.20. The molecule has 0 fully saturated rings. The molecule has 6 nitrogen and oxygen atoms in total. The van der Waals surface area contributed by atoms with Gasteiger partial charge in [-0.3, -0.25) is 9.59 Å². The van der Waals surface area contributed by atoms with Gasteiger partial charge in [-0.25, -0.2) is 0 Å². The van der Waals surface area contributed by atoms with Gasteiger partial charge in [0.1, 0.15) is 17.2 Å². The number of fused-ring (bicyclic) bond motifs is 2. The van der Waals surface area contributed by atoms with E-state index in [9.17, 15) is 9.59 Å². The predicted molar refractivity (Wildman–Crippen MR) is 93.2 cm³/mol. The Morgan fingerprint density at radius 3 is 3.00 bits per heavy atom. The number of carbonyl (C=O) groups excluding carboxylic acids is 2. The summed E-state index contributed by atoms with van der Waals surface area (Å²) in [5.41, 5.74) is 2.58. The van der Waals surface area contributed by atoms with Crippen molar-refractivity contribution in [3.05, 3.63) is 48.0 Å². The van der Waals surface area contributed by atoms with Crippen molar-refractivity contribution >= 4 is 23.2 Å². The molecule has 2 aliphatic heterocycles. The molecule has 0 saturated carbocycles. The van der Waals surface area contributed by atoms with E-state index < -0.39 is 0 Å². The Kier molecular flexibility index (Phi) is 3.80. The maximum absolute atomic E-state index is 12.7. The Morgan fingerprint density at radius 1 is 1.28 bits per heavy atom. The highest BCUT2D eigenvalue weighted by Crippen LogP contribution is 2.37. The molecular weight excluding hydrogens is 320 g/mol. The van der Waals surface area contributed by atoms with E-state index in [2.05, 4.69) is 5.32 Å². The van der Waals surface area contributed by atoms with Gasteiger partial charge >= 0.3 is 0 Å². The number of para-hydroxylation sites is 2. The first-order valence-electron chi connectivity index (χ1n) is 8.22. The third-order valence-corrected chi connectivity index (χ3v) is 4.44. The van der Waals surface area contributed by atoms with Gasteiger partial charge in [0.25, 0.3) is 11.8 Å². The van der Waals surface area contributed by atoms with Crippen LogP contribution in [0.4, 0.5) is 11.4 Å². The monoisotopic (exact) mass is 338 g/mol. The fourth-order valence-corrected chi connectivity index (χ4v) is 3.35. The molecule has 25 heavy (non-hydrogen) atoms. The second-order valence-corrected chi connectivity index (χ2v) is 6.20. The number of hydrogen-bond acceptors (Lipinski definition) is 4. The first-order chi connectivity index (χ1) is 12.1. The van der Waals surface area contributed by atoms with Crippen LogP contribution >= 0.6 is 0 Å². The number of nitrogens with one attached hydrogen (secondary N) is 1. The number of benzene rings is 2. The summed E-state index contributed by atoms with van der Waals surface area (Å²) >= 11 is 0. The van der Waals surface area contributed by atoms with E-state index in [-0.39, 0.29) is 31.1 Å². The van der Waals surface area contributed by atoms with E-state index in [1.807, 2.05) is 31.2 Å². The lowest BCUT2D eigenvalue weighted by atomic mass is 10.1. The van der Waals surface area contributed by atoms with Gasteiger partial charge in [0.2, 0.25) is 0 Å². The quantitative estimate of drug-likeness (QED) is 0.933. The zero-order valence-corrected chi connectivity index (χ0v) is 13.8. The Morgan fingerprint density at radius 2 is 2.12 bits per heavy atom. The van der Waals surface area contributed by atoms with E-state index >= 15 is 0 Å². The molecule has 2 heterocycles. The lowest BCUT2D eigenvalue weighted by molar-refractivity contribution is -0.120. The summed E-state index contributed by atoms with van der Waals surface area (Å²) in [5.74, 6) is 0.624. The van der Waals surface area contributed by atoms with Crippen molar-refractivity contribution in [2.24, 2.45) is 0 Å². The third kappa shape index (κ3) is 2.80. The van der Waals surface area contributed by atoms with Crippen LogP contribution in [0.15, 0.2) is 42.5 Å². The molecule has 2 aliphatic rings. The minimum Gasteiger partial charge on any atom is -0.481 e. The molecule has 0 bridgehead atoms. The number of nitrogens with zero attached hydrogens (tertiary/aromatic N) is 1. The fraction of sp³-hybridized carbons (Fsp3) is 0.263. The van der Waals surface area contributed by atoms with Gasteiger partial charge in [-0.2, -0.15) is 0 Å². The van der Waals surface area contributed by atoms with Crippen molar-refractivity contribution in [3.63, 3.8) is 0 Å². The molecule has 6 heteroatoms. The summed E-state index contributed by atoms with van der Waals surface area (Å²) in [6.07, 6.45) is 0.840. The van der Waals surface area contributed by atoms with Crippen LogP contribution < -0.4 is 19.7 Å². The summed E-state index contributed by atoms with van der Waals surface area (Å²) in [5, 5.41) is 2.73. The highest BCUT2D eigenvalue weighted by molar-refractivity contribution is 5.98. The van der Waals surface area contributed by atoms with Gasteiger partial charge in [0.15, 0.2) is 13.2 Å². The van der Waals surface area contributed by atoms with Crippen molar-refractivity contribution in [1.82, 2.24) is 0 Å². The predicted octanol–water partition coefficient (Wildman–Crippen LogP) is 2.37. The average molecular weight is 338 g/mol. The molecule has 1 atom stereocenters. The molecular formula is C19H18N2O4. The van der Waals surface area contributed by atoms with E-state index in [0.717, 1.165) is 12.1 Å². The van der Waals surface area contributed by atoms with Crippen LogP contribution in [0.3, 0.4) is 0 Å². The number of ether oxygens (including phenoxy) is 2. The first kappa shape index (κ1) is 15.5. The van der Waals surface area contributed by atoms with Crippen molar-refractivity contribution in [3.8, 4) is 11.5 Å². The molecule has 2 amide bonds. The van der Waals surface area contributed by atoms with Crippen LogP contribution in [0.25, 0.3) is 0 Å². The van der Waals surface area contributed by atoms with Crippen molar-refractivity contribution in [2.75, 3.05) is 23.4 Å². The first-order valence-corrected chi connectivity index (χ1v) is 8.22. The second kappa shape index (κ2) is 6.12. The smallest absolute Gasteiger partial charge is 0.265 e. The van der Waals surface area contributed by atoms with E-state index in [0.29, 0.717) is 17.2 Å². The van der Waals surface area contributed by atoms with E-state index in [4.69, 9.17) is 9.47 Å². The van der Waals surface area contributed by atoms with Gasteiger partial charge in [-0.1, -0.05) is 24.3 Å². The molecule has 1 unspecified atom stereocenters. The van der Waals surface area contributed by atoms with Crippen molar-refractivity contribution < 1.29 is 19.1 Å². The van der Waals surface area contributed by atoms with Crippen LogP contribution in [0, 0.1) is 0 Å². The highest BCUT2D eigenvalue weighted by Gasteiger charge is 2.31. The molecule has 0 saturated heterocycles. The summed E-state index contributed by atoms with van der Waals surface area (Å²) in [4.78, 5) is 26.0. The molecule has 128 valence electrons. The Hall–Kier alpha value is -3.02.